The quantitative estimate of drug-likeness (QED) is 0.402. The van der Waals surface area contributed by atoms with Gasteiger partial charge in [-0.15, -0.1) is 0 Å². The van der Waals surface area contributed by atoms with E-state index in [1.165, 1.54) is 5.56 Å². The van der Waals surface area contributed by atoms with Crippen molar-refractivity contribution in [3.8, 4) is 0 Å². The minimum atomic E-state index is -0.465. The molecule has 6 rings (SSSR count). The first-order chi connectivity index (χ1) is 20.5. The fourth-order valence-electron chi connectivity index (χ4n) is 6.51. The van der Waals surface area contributed by atoms with E-state index >= 15 is 0 Å². The van der Waals surface area contributed by atoms with E-state index in [-0.39, 0.29) is 18.0 Å². The minimum Gasteiger partial charge on any atom is -0.444 e. The van der Waals surface area contributed by atoms with Crippen molar-refractivity contribution in [3.63, 3.8) is 0 Å². The molecule has 0 unspecified atom stereocenters. The van der Waals surface area contributed by atoms with Crippen LogP contribution in [0.1, 0.15) is 87.3 Å². The van der Waals surface area contributed by atoms with Gasteiger partial charge in [-0.2, -0.15) is 4.98 Å². The third kappa shape index (κ3) is 6.04. The predicted octanol–water partition coefficient (Wildman–Crippen LogP) is 5.18. The number of pyridine rings is 1. The number of rotatable bonds is 7. The second-order valence-corrected chi connectivity index (χ2v) is 13.6. The van der Waals surface area contributed by atoms with E-state index in [0.717, 1.165) is 62.6 Å². The lowest BCUT2D eigenvalue weighted by molar-refractivity contribution is -0.0282. The zero-order valence-electron chi connectivity index (χ0n) is 26.2. The summed E-state index contributed by atoms with van der Waals surface area (Å²) >= 11 is 0. The third-order valence-electron chi connectivity index (χ3n) is 9.17. The van der Waals surface area contributed by atoms with E-state index in [4.69, 9.17) is 9.72 Å². The molecule has 1 N–H and O–H groups in total. The number of hydrogen-bond acceptors (Lipinski definition) is 8. The van der Waals surface area contributed by atoms with Crippen LogP contribution >= 0.6 is 0 Å². The number of anilines is 2. The van der Waals surface area contributed by atoms with Crippen LogP contribution < -0.4 is 5.32 Å². The van der Waals surface area contributed by atoms with E-state index in [2.05, 4.69) is 37.9 Å². The molecule has 3 fully saturated rings. The number of hydrogen-bond donors (Lipinski definition) is 1. The zero-order chi connectivity index (χ0) is 30.5. The Hall–Kier alpha value is -3.73. The second-order valence-electron chi connectivity index (χ2n) is 13.6. The number of fused-ring (bicyclic) bond motifs is 1. The van der Waals surface area contributed by atoms with Crippen LogP contribution in [-0.2, 0) is 4.74 Å². The van der Waals surface area contributed by atoms with Gasteiger partial charge in [0.15, 0.2) is 0 Å². The zero-order valence-corrected chi connectivity index (χ0v) is 26.2. The normalized spacial score (nSPS) is 21.1. The number of likely N-dealkylation sites (N-methyl/N-ethyl adjacent to an activating group) is 1. The summed E-state index contributed by atoms with van der Waals surface area (Å²) in [6.07, 6.45) is 10.1. The van der Waals surface area contributed by atoms with Crippen molar-refractivity contribution < 1.29 is 14.3 Å². The fraction of sp³-hybridized carbons (Fsp3) is 0.594. The number of carbonyl (C=O) groups excluding carboxylic acids is 2. The molecule has 0 bridgehead atoms. The molecule has 1 aliphatic heterocycles. The smallest absolute Gasteiger partial charge is 0.410 e. The Morgan fingerprint density at radius 2 is 1.72 bits per heavy atom. The second kappa shape index (κ2) is 11.4. The topological polar surface area (TPSA) is 109 Å². The highest BCUT2D eigenvalue weighted by Crippen LogP contribution is 2.41. The lowest BCUT2D eigenvalue weighted by atomic mass is 9.75. The molecule has 3 aromatic heterocycles. The van der Waals surface area contributed by atoms with Crippen molar-refractivity contribution in [1.29, 1.82) is 0 Å². The number of likely N-dealkylation sites (tertiary alicyclic amines) is 1. The molecule has 11 nitrogen and oxygen atoms in total. The van der Waals surface area contributed by atoms with Crippen LogP contribution in [-0.4, -0.2) is 98.1 Å². The molecule has 0 radical (unpaired) electrons. The fourth-order valence-corrected chi connectivity index (χ4v) is 6.51. The Morgan fingerprint density at radius 3 is 2.35 bits per heavy atom. The van der Waals surface area contributed by atoms with Gasteiger partial charge in [-0.3, -0.25) is 9.69 Å². The van der Waals surface area contributed by atoms with Crippen LogP contribution in [0.5, 0.6) is 0 Å². The van der Waals surface area contributed by atoms with Crippen molar-refractivity contribution in [2.75, 3.05) is 39.5 Å². The number of nitrogens with zero attached hydrogens (tertiary/aromatic N) is 7. The van der Waals surface area contributed by atoms with E-state index in [1.54, 1.807) is 30.1 Å². The molecule has 11 heteroatoms. The molecule has 1 saturated heterocycles. The third-order valence-corrected chi connectivity index (χ3v) is 9.17. The van der Waals surface area contributed by atoms with Gasteiger partial charge in [-0.05, 0) is 77.1 Å². The Labute approximate surface area is 253 Å². The highest BCUT2D eigenvalue weighted by molar-refractivity contribution is 5.97. The monoisotopic (exact) mass is 588 g/mol. The van der Waals surface area contributed by atoms with Crippen molar-refractivity contribution in [2.24, 2.45) is 0 Å². The molecule has 0 atom stereocenters. The van der Waals surface area contributed by atoms with E-state index in [9.17, 15) is 9.59 Å². The SMILES string of the molecule is CN(C)C(=O)c1cc2cnc(Nc3ccc(C4CC(N(C)C5CN(C(=O)OC(C)(C)C)C5)C4)cn3)nc2n1C1CCCC1. The Bertz CT molecular complexity index is 1480. The summed E-state index contributed by atoms with van der Waals surface area (Å²) in [7, 11) is 5.73. The van der Waals surface area contributed by atoms with Crippen LogP contribution in [0.2, 0.25) is 0 Å². The Kier molecular flexibility index (Phi) is 7.78. The van der Waals surface area contributed by atoms with Gasteiger partial charge in [0.25, 0.3) is 5.91 Å². The standard InChI is InChI=1S/C32H44N8O3/c1-32(2,3)43-31(42)39-18-25(19-39)38(6)24-13-21(14-24)20-11-12-27(33-16-20)35-30-34-17-22-15-26(29(41)37(4)5)40(28(22)36-30)23-9-7-8-10-23/h11-12,15-17,21,23-25H,7-10,13-14,18-19H2,1-6H3,(H,33,34,35,36). The highest BCUT2D eigenvalue weighted by atomic mass is 16.6. The van der Waals surface area contributed by atoms with E-state index in [1.807, 2.05) is 39.1 Å². The van der Waals surface area contributed by atoms with E-state index in [0.29, 0.717) is 35.5 Å². The van der Waals surface area contributed by atoms with Gasteiger partial charge in [0.05, 0.1) is 0 Å². The molecule has 43 heavy (non-hydrogen) atoms. The molecule has 2 aliphatic carbocycles. The lowest BCUT2D eigenvalue weighted by Gasteiger charge is -2.50. The summed E-state index contributed by atoms with van der Waals surface area (Å²) < 4.78 is 7.61. The number of ether oxygens (including phenoxy) is 1. The summed E-state index contributed by atoms with van der Waals surface area (Å²) in [5, 5.41) is 4.14. The Morgan fingerprint density at radius 1 is 1.00 bits per heavy atom. The molecule has 230 valence electrons. The molecule has 2 saturated carbocycles. The van der Waals surface area contributed by atoms with Crippen LogP contribution in [0, 0.1) is 0 Å². The van der Waals surface area contributed by atoms with Crippen LogP contribution in [0.25, 0.3) is 11.0 Å². The van der Waals surface area contributed by atoms with Crippen molar-refractivity contribution in [2.45, 2.75) is 88.9 Å². The minimum absolute atomic E-state index is 0.0171. The van der Waals surface area contributed by atoms with Gasteiger partial charge < -0.3 is 24.4 Å². The molecule has 3 aliphatic rings. The van der Waals surface area contributed by atoms with E-state index < -0.39 is 5.60 Å². The first kappa shape index (κ1) is 29.3. The first-order valence-corrected chi connectivity index (χ1v) is 15.5. The Balaban J connectivity index is 1.06. The molecular weight excluding hydrogens is 544 g/mol. The first-order valence-electron chi connectivity index (χ1n) is 15.5. The molecule has 0 spiro atoms. The molecule has 2 amide bonds. The summed E-state index contributed by atoms with van der Waals surface area (Å²) in [6, 6.07) is 7.20. The average molecular weight is 589 g/mol. The van der Waals surface area contributed by atoms with Gasteiger partial charge in [0.2, 0.25) is 5.95 Å². The number of amides is 2. The highest BCUT2D eigenvalue weighted by Gasteiger charge is 2.42. The van der Waals surface area contributed by atoms with Crippen LogP contribution in [0.3, 0.4) is 0 Å². The maximum absolute atomic E-state index is 13.0. The van der Waals surface area contributed by atoms with Gasteiger partial charge in [0, 0.05) is 63.1 Å². The number of aromatic nitrogens is 4. The molecule has 4 heterocycles. The number of nitrogens with one attached hydrogen (secondary N) is 1. The largest absolute Gasteiger partial charge is 0.444 e. The predicted molar refractivity (Wildman–Crippen MR) is 166 cm³/mol. The van der Waals surface area contributed by atoms with Crippen molar-refractivity contribution in [1.82, 2.24) is 34.2 Å². The van der Waals surface area contributed by atoms with Gasteiger partial charge >= 0.3 is 6.09 Å². The van der Waals surface area contributed by atoms with Gasteiger partial charge in [-0.1, -0.05) is 18.9 Å². The van der Waals surface area contributed by atoms with Crippen molar-refractivity contribution >= 4 is 34.8 Å². The van der Waals surface area contributed by atoms with Crippen LogP contribution in [0.4, 0.5) is 16.6 Å². The molecular formula is C32H44N8O3. The maximum atomic E-state index is 13.0. The summed E-state index contributed by atoms with van der Waals surface area (Å²) in [5.41, 5.74) is 2.23. The molecule has 0 aromatic carbocycles. The average Bonchev–Trinajstić information content (AvgIpc) is 3.54. The van der Waals surface area contributed by atoms with Gasteiger partial charge in [0.1, 0.15) is 22.8 Å². The van der Waals surface area contributed by atoms with Crippen LogP contribution in [0.15, 0.2) is 30.6 Å². The number of carbonyl (C=O) groups is 2. The molecule has 3 aromatic rings. The summed E-state index contributed by atoms with van der Waals surface area (Å²) in [6.45, 7) is 7.14. The van der Waals surface area contributed by atoms with Gasteiger partial charge in [-0.25, -0.2) is 14.8 Å². The summed E-state index contributed by atoms with van der Waals surface area (Å²) in [4.78, 5) is 45.1. The van der Waals surface area contributed by atoms with Crippen molar-refractivity contribution in [3.05, 3.63) is 41.9 Å². The summed E-state index contributed by atoms with van der Waals surface area (Å²) in [5.74, 6) is 1.62. The maximum Gasteiger partial charge on any atom is 0.410 e. The lowest BCUT2D eigenvalue weighted by Crippen LogP contribution is -2.63.